The molecule has 19 heavy (non-hydrogen) atoms. The van der Waals surface area contributed by atoms with Crippen LogP contribution in [0, 0.1) is 0 Å². The topological polar surface area (TPSA) is 62.2 Å². The zero-order valence-electron chi connectivity index (χ0n) is 10.3. The van der Waals surface area contributed by atoms with Gasteiger partial charge in [0.1, 0.15) is 0 Å². The molecule has 0 aliphatic carbocycles. The standard InChI is InChI=1S/C14H13ClN2O2/c1-9(10-4-6-16-7-5-10)17-13-3-2-11(15)8-12(13)14(18)19/h2-9,17H,1H3,(H,18,19). The number of halogens is 1. The van der Waals surface area contributed by atoms with E-state index in [4.69, 9.17) is 16.7 Å². The highest BCUT2D eigenvalue weighted by molar-refractivity contribution is 6.31. The fraction of sp³-hybridized carbons (Fsp3) is 0.143. The number of rotatable bonds is 4. The molecule has 0 saturated heterocycles. The molecule has 0 saturated carbocycles. The highest BCUT2D eigenvalue weighted by Crippen LogP contribution is 2.25. The third-order valence-corrected chi connectivity index (χ3v) is 3.03. The van der Waals surface area contributed by atoms with Gasteiger partial charge in [0.15, 0.2) is 0 Å². The van der Waals surface area contributed by atoms with Gasteiger partial charge in [-0.3, -0.25) is 4.98 Å². The van der Waals surface area contributed by atoms with Crippen LogP contribution in [0.15, 0.2) is 42.7 Å². The molecule has 1 atom stereocenters. The van der Waals surface area contributed by atoms with E-state index >= 15 is 0 Å². The molecule has 0 radical (unpaired) electrons. The van der Waals surface area contributed by atoms with Gasteiger partial charge in [-0.15, -0.1) is 0 Å². The highest BCUT2D eigenvalue weighted by Gasteiger charge is 2.13. The summed E-state index contributed by atoms with van der Waals surface area (Å²) in [5, 5.41) is 12.7. The van der Waals surface area contributed by atoms with E-state index in [2.05, 4.69) is 10.3 Å². The van der Waals surface area contributed by atoms with Gasteiger partial charge < -0.3 is 10.4 Å². The van der Waals surface area contributed by atoms with Crippen LogP contribution in [0.2, 0.25) is 5.02 Å². The smallest absolute Gasteiger partial charge is 0.337 e. The lowest BCUT2D eigenvalue weighted by Crippen LogP contribution is -2.10. The first-order chi connectivity index (χ1) is 9.08. The summed E-state index contributed by atoms with van der Waals surface area (Å²) in [6.07, 6.45) is 3.40. The lowest BCUT2D eigenvalue weighted by Gasteiger charge is -2.17. The molecule has 2 rings (SSSR count). The summed E-state index contributed by atoms with van der Waals surface area (Å²) in [4.78, 5) is 15.1. The summed E-state index contributed by atoms with van der Waals surface area (Å²) >= 11 is 5.82. The first-order valence-electron chi connectivity index (χ1n) is 5.77. The minimum absolute atomic E-state index is 0.0257. The monoisotopic (exact) mass is 276 g/mol. The van der Waals surface area contributed by atoms with Gasteiger partial charge >= 0.3 is 5.97 Å². The van der Waals surface area contributed by atoms with E-state index in [1.54, 1.807) is 24.5 Å². The largest absolute Gasteiger partial charge is 0.478 e. The van der Waals surface area contributed by atoms with Crippen LogP contribution < -0.4 is 5.32 Å². The van der Waals surface area contributed by atoms with Crippen molar-refractivity contribution in [1.29, 1.82) is 0 Å². The molecule has 4 nitrogen and oxygen atoms in total. The zero-order chi connectivity index (χ0) is 13.8. The molecule has 2 aromatic rings. The number of nitrogens with one attached hydrogen (secondary N) is 1. The van der Waals surface area contributed by atoms with Crippen molar-refractivity contribution < 1.29 is 9.90 Å². The number of nitrogens with zero attached hydrogens (tertiary/aromatic N) is 1. The van der Waals surface area contributed by atoms with Crippen molar-refractivity contribution in [2.45, 2.75) is 13.0 Å². The first-order valence-corrected chi connectivity index (χ1v) is 6.15. The number of anilines is 1. The number of carbonyl (C=O) groups is 1. The Morgan fingerprint density at radius 1 is 1.32 bits per heavy atom. The number of carboxylic acid groups (broad SMARTS) is 1. The molecule has 0 bridgehead atoms. The minimum Gasteiger partial charge on any atom is -0.478 e. The van der Waals surface area contributed by atoms with Gasteiger partial charge in [-0.25, -0.2) is 4.79 Å². The summed E-state index contributed by atoms with van der Waals surface area (Å²) in [6.45, 7) is 1.95. The lowest BCUT2D eigenvalue weighted by atomic mass is 10.1. The Labute approximate surface area is 116 Å². The molecule has 0 amide bonds. The normalized spacial score (nSPS) is 11.9. The molecule has 2 N–H and O–H groups in total. The summed E-state index contributed by atoms with van der Waals surface area (Å²) in [7, 11) is 0. The van der Waals surface area contributed by atoms with Crippen LogP contribution in [-0.4, -0.2) is 16.1 Å². The second-order valence-corrected chi connectivity index (χ2v) is 4.58. The van der Waals surface area contributed by atoms with Gasteiger partial charge in [-0.2, -0.15) is 0 Å². The Morgan fingerprint density at radius 3 is 2.63 bits per heavy atom. The number of aromatic carboxylic acids is 1. The third kappa shape index (κ3) is 3.23. The van der Waals surface area contributed by atoms with E-state index in [9.17, 15) is 4.79 Å². The first kappa shape index (κ1) is 13.4. The van der Waals surface area contributed by atoms with E-state index in [-0.39, 0.29) is 11.6 Å². The maximum Gasteiger partial charge on any atom is 0.337 e. The Morgan fingerprint density at radius 2 is 2.00 bits per heavy atom. The minimum atomic E-state index is -1.01. The zero-order valence-corrected chi connectivity index (χ0v) is 11.1. The van der Waals surface area contributed by atoms with Crippen molar-refractivity contribution in [3.63, 3.8) is 0 Å². The Kier molecular flexibility index (Phi) is 4.02. The molecule has 1 heterocycles. The van der Waals surface area contributed by atoms with Crippen molar-refractivity contribution >= 4 is 23.3 Å². The van der Waals surface area contributed by atoms with E-state index in [0.717, 1.165) is 5.56 Å². The number of hydrogen-bond donors (Lipinski definition) is 2. The Hall–Kier alpha value is -2.07. The van der Waals surface area contributed by atoms with Crippen LogP contribution >= 0.6 is 11.6 Å². The van der Waals surface area contributed by atoms with Crippen molar-refractivity contribution in [2.24, 2.45) is 0 Å². The average molecular weight is 277 g/mol. The summed E-state index contributed by atoms with van der Waals surface area (Å²) < 4.78 is 0. The van der Waals surface area contributed by atoms with Gasteiger partial charge in [0, 0.05) is 29.1 Å². The van der Waals surface area contributed by atoms with E-state index in [1.807, 2.05) is 19.1 Å². The molecule has 1 aromatic carbocycles. The quantitative estimate of drug-likeness (QED) is 0.895. The van der Waals surface area contributed by atoms with E-state index in [0.29, 0.717) is 10.7 Å². The predicted molar refractivity (Wildman–Crippen MR) is 74.7 cm³/mol. The fourth-order valence-corrected chi connectivity index (χ4v) is 1.96. The van der Waals surface area contributed by atoms with Crippen molar-refractivity contribution in [2.75, 3.05) is 5.32 Å². The van der Waals surface area contributed by atoms with Crippen LogP contribution in [0.5, 0.6) is 0 Å². The summed E-state index contributed by atoms with van der Waals surface area (Å²) in [6, 6.07) is 8.51. The maximum atomic E-state index is 11.2. The van der Waals surface area contributed by atoms with Gasteiger partial charge in [0.25, 0.3) is 0 Å². The predicted octanol–water partition coefficient (Wildman–Crippen LogP) is 3.61. The molecule has 0 fully saturated rings. The van der Waals surface area contributed by atoms with E-state index < -0.39 is 5.97 Å². The molecule has 5 heteroatoms. The molecule has 0 spiro atoms. The van der Waals surface area contributed by atoms with Gasteiger partial charge in [-0.1, -0.05) is 11.6 Å². The van der Waals surface area contributed by atoms with Gasteiger partial charge in [0.2, 0.25) is 0 Å². The van der Waals surface area contributed by atoms with Gasteiger partial charge in [0.05, 0.1) is 5.56 Å². The molecular weight excluding hydrogens is 264 g/mol. The molecule has 98 valence electrons. The SMILES string of the molecule is CC(Nc1ccc(Cl)cc1C(=O)O)c1ccncc1. The molecular formula is C14H13ClN2O2. The van der Waals surface area contributed by atoms with Crippen LogP contribution in [0.25, 0.3) is 0 Å². The maximum absolute atomic E-state index is 11.2. The third-order valence-electron chi connectivity index (χ3n) is 2.79. The van der Waals surface area contributed by atoms with E-state index in [1.165, 1.54) is 6.07 Å². The van der Waals surface area contributed by atoms with Gasteiger partial charge in [-0.05, 0) is 42.8 Å². The van der Waals surface area contributed by atoms with Crippen LogP contribution in [0.3, 0.4) is 0 Å². The summed E-state index contributed by atoms with van der Waals surface area (Å²) in [5.74, 6) is -1.01. The fourth-order valence-electron chi connectivity index (χ4n) is 1.79. The van der Waals surface area contributed by atoms with Crippen LogP contribution in [-0.2, 0) is 0 Å². The Bertz CT molecular complexity index is 587. The summed E-state index contributed by atoms with van der Waals surface area (Å²) in [5.41, 5.74) is 1.73. The number of pyridine rings is 1. The van der Waals surface area contributed by atoms with Crippen molar-refractivity contribution in [1.82, 2.24) is 4.98 Å². The Balaban J connectivity index is 2.26. The van der Waals surface area contributed by atoms with Crippen LogP contribution in [0.1, 0.15) is 28.9 Å². The average Bonchev–Trinajstić information content (AvgIpc) is 2.41. The van der Waals surface area contributed by atoms with Crippen LogP contribution in [0.4, 0.5) is 5.69 Å². The molecule has 1 unspecified atom stereocenters. The number of hydrogen-bond acceptors (Lipinski definition) is 3. The lowest BCUT2D eigenvalue weighted by molar-refractivity contribution is 0.0698. The molecule has 1 aromatic heterocycles. The molecule has 0 aliphatic rings. The van der Waals surface area contributed by atoms with Crippen molar-refractivity contribution in [3.05, 3.63) is 58.9 Å². The second-order valence-electron chi connectivity index (χ2n) is 4.14. The second kappa shape index (κ2) is 5.71. The van der Waals surface area contributed by atoms with Crippen molar-refractivity contribution in [3.8, 4) is 0 Å². The number of aromatic nitrogens is 1. The molecule has 0 aliphatic heterocycles. The highest BCUT2D eigenvalue weighted by atomic mass is 35.5. The number of benzene rings is 1. The number of carboxylic acids is 1.